The van der Waals surface area contributed by atoms with E-state index in [9.17, 15) is 14.9 Å². The molecule has 0 saturated carbocycles. The number of aromatic nitrogens is 2. The van der Waals surface area contributed by atoms with Crippen LogP contribution in [0, 0.1) is 24.0 Å². The maximum atomic E-state index is 13.8. The molecule has 0 fully saturated rings. The zero-order valence-corrected chi connectivity index (χ0v) is 22.0. The molecule has 2 aromatic carbocycles. The number of unbranched alkanes of at least 4 members (excludes halogenated alkanes) is 3. The SMILES string of the molecule is COC(c1ccccc1)(c1ccccc1)C(Oc1nc(C)cc(C)n1)C(=O)NCCCCCCO[N+](=O)[O-]. The Morgan fingerprint density at radius 3 is 2.03 bits per heavy atom. The van der Waals surface area contributed by atoms with Crippen molar-refractivity contribution in [3.05, 3.63) is 99.4 Å². The van der Waals surface area contributed by atoms with E-state index in [0.29, 0.717) is 19.4 Å². The number of nitrogens with one attached hydrogen (secondary N) is 1. The van der Waals surface area contributed by atoms with E-state index in [1.54, 1.807) is 7.11 Å². The normalized spacial score (nSPS) is 12.0. The standard InChI is InChI=1S/C28H34N4O6/c1-21-20-22(2)31-27(30-21)38-25(26(33)29-18-12-4-5-13-19-37-32(34)35)28(36-3,23-14-8-6-9-15-23)24-16-10-7-11-17-24/h6-11,14-17,20,25H,4-5,12-13,18-19H2,1-3H3,(H,29,33). The smallest absolute Gasteiger partial charge is 0.317 e. The van der Waals surface area contributed by atoms with Gasteiger partial charge in [0.25, 0.3) is 11.0 Å². The lowest BCUT2D eigenvalue weighted by molar-refractivity contribution is -0.757. The fraction of sp³-hybridized carbons (Fsp3) is 0.393. The molecule has 202 valence electrons. The van der Waals surface area contributed by atoms with Crippen LogP contribution in [0.2, 0.25) is 0 Å². The molecule has 10 nitrogen and oxygen atoms in total. The highest BCUT2D eigenvalue weighted by Gasteiger charge is 2.49. The van der Waals surface area contributed by atoms with Gasteiger partial charge < -0.3 is 19.6 Å². The molecular weight excluding hydrogens is 488 g/mol. The third-order valence-electron chi connectivity index (χ3n) is 6.09. The number of carbonyl (C=O) groups is 1. The molecule has 0 radical (unpaired) electrons. The summed E-state index contributed by atoms with van der Waals surface area (Å²) < 4.78 is 12.5. The van der Waals surface area contributed by atoms with Crippen molar-refractivity contribution >= 4 is 5.91 Å². The lowest BCUT2D eigenvalue weighted by Gasteiger charge is -2.39. The zero-order valence-electron chi connectivity index (χ0n) is 22.0. The highest BCUT2D eigenvalue weighted by Crippen LogP contribution is 2.38. The lowest BCUT2D eigenvalue weighted by Crippen LogP contribution is -2.54. The number of amides is 1. The summed E-state index contributed by atoms with van der Waals surface area (Å²) in [5.41, 5.74) is 1.62. The molecule has 0 saturated heterocycles. The third-order valence-corrected chi connectivity index (χ3v) is 6.09. The molecule has 0 aliphatic carbocycles. The Balaban J connectivity index is 1.89. The summed E-state index contributed by atoms with van der Waals surface area (Å²) in [6, 6.07) is 20.8. The van der Waals surface area contributed by atoms with Gasteiger partial charge in [-0.2, -0.15) is 0 Å². The molecule has 1 N–H and O–H groups in total. The molecule has 0 aliphatic rings. The Morgan fingerprint density at radius 1 is 0.947 bits per heavy atom. The first-order valence-corrected chi connectivity index (χ1v) is 12.6. The monoisotopic (exact) mass is 522 g/mol. The minimum atomic E-state index is -1.30. The largest absolute Gasteiger partial charge is 0.446 e. The Labute approximate surface area is 222 Å². The van der Waals surface area contributed by atoms with Crippen LogP contribution < -0.4 is 10.1 Å². The van der Waals surface area contributed by atoms with Crippen LogP contribution in [0.5, 0.6) is 6.01 Å². The maximum absolute atomic E-state index is 13.8. The van der Waals surface area contributed by atoms with E-state index >= 15 is 0 Å². The molecule has 1 unspecified atom stereocenters. The summed E-state index contributed by atoms with van der Waals surface area (Å²) in [4.78, 5) is 37.2. The van der Waals surface area contributed by atoms with Gasteiger partial charge in [0.2, 0.25) is 6.10 Å². The maximum Gasteiger partial charge on any atom is 0.317 e. The quantitative estimate of drug-likeness (QED) is 0.178. The first kappa shape index (κ1) is 28.5. The first-order valence-electron chi connectivity index (χ1n) is 12.6. The number of benzene rings is 2. The van der Waals surface area contributed by atoms with E-state index in [-0.39, 0.29) is 18.5 Å². The molecule has 1 heterocycles. The van der Waals surface area contributed by atoms with Gasteiger partial charge in [0.15, 0.2) is 5.60 Å². The predicted molar refractivity (Wildman–Crippen MR) is 141 cm³/mol. The first-order chi connectivity index (χ1) is 18.4. The highest BCUT2D eigenvalue weighted by molar-refractivity contribution is 5.83. The molecule has 1 atom stereocenters. The van der Waals surface area contributed by atoms with Crippen molar-refractivity contribution in [3.8, 4) is 6.01 Å². The lowest BCUT2D eigenvalue weighted by atomic mass is 9.80. The van der Waals surface area contributed by atoms with Gasteiger partial charge in [0, 0.05) is 25.0 Å². The molecule has 10 heteroatoms. The molecule has 1 aromatic heterocycles. The van der Waals surface area contributed by atoms with Crippen LogP contribution >= 0.6 is 0 Å². The Morgan fingerprint density at radius 2 is 1.50 bits per heavy atom. The van der Waals surface area contributed by atoms with Gasteiger partial charge in [-0.1, -0.05) is 73.5 Å². The molecule has 0 bridgehead atoms. The third kappa shape index (κ3) is 7.48. The van der Waals surface area contributed by atoms with Gasteiger partial charge in [-0.25, -0.2) is 9.97 Å². The molecule has 38 heavy (non-hydrogen) atoms. The molecule has 0 spiro atoms. The average molecular weight is 523 g/mol. The minimum absolute atomic E-state index is 0.0652. The van der Waals surface area contributed by atoms with Crippen LogP contribution in [-0.4, -0.2) is 47.3 Å². The number of carbonyl (C=O) groups excluding carboxylic acids is 1. The summed E-state index contributed by atoms with van der Waals surface area (Å²) in [6.45, 7) is 4.14. The van der Waals surface area contributed by atoms with Crippen LogP contribution in [0.4, 0.5) is 0 Å². The van der Waals surface area contributed by atoms with Crippen molar-refractivity contribution < 1.29 is 24.2 Å². The van der Waals surface area contributed by atoms with Crippen LogP contribution in [0.25, 0.3) is 0 Å². The van der Waals surface area contributed by atoms with E-state index in [0.717, 1.165) is 35.4 Å². The van der Waals surface area contributed by atoms with Crippen LogP contribution in [0.3, 0.4) is 0 Å². The number of aryl methyl sites for hydroxylation is 2. The Kier molecular flexibility index (Phi) is 10.5. The predicted octanol–water partition coefficient (Wildman–Crippen LogP) is 4.32. The minimum Gasteiger partial charge on any atom is -0.446 e. The van der Waals surface area contributed by atoms with Crippen molar-refractivity contribution in [2.75, 3.05) is 20.3 Å². The van der Waals surface area contributed by atoms with E-state index in [1.807, 2.05) is 80.6 Å². The zero-order chi connectivity index (χ0) is 27.4. The molecule has 0 aliphatic heterocycles. The van der Waals surface area contributed by atoms with Gasteiger partial charge >= 0.3 is 6.01 Å². The summed E-state index contributed by atoms with van der Waals surface area (Å²) in [5.74, 6) is -0.376. The number of hydrogen-bond donors (Lipinski definition) is 1. The fourth-order valence-corrected chi connectivity index (χ4v) is 4.38. The molecule has 3 rings (SSSR count). The van der Waals surface area contributed by atoms with Gasteiger partial charge in [0.1, 0.15) is 0 Å². The van der Waals surface area contributed by atoms with Crippen molar-refractivity contribution in [1.82, 2.24) is 15.3 Å². The summed E-state index contributed by atoms with van der Waals surface area (Å²) in [7, 11) is 1.55. The van der Waals surface area contributed by atoms with Crippen molar-refractivity contribution in [1.29, 1.82) is 0 Å². The van der Waals surface area contributed by atoms with E-state index < -0.39 is 16.8 Å². The van der Waals surface area contributed by atoms with Crippen molar-refractivity contribution in [3.63, 3.8) is 0 Å². The second-order valence-electron chi connectivity index (χ2n) is 8.87. The molecular formula is C28H34N4O6. The van der Waals surface area contributed by atoms with Gasteiger partial charge in [-0.05, 0) is 43.9 Å². The topological polar surface area (TPSA) is 126 Å². The number of ether oxygens (including phenoxy) is 2. The average Bonchev–Trinajstić information content (AvgIpc) is 2.90. The summed E-state index contributed by atoms with van der Waals surface area (Å²) in [5, 5.41) is 12.4. The fourth-order valence-electron chi connectivity index (χ4n) is 4.38. The number of nitrogens with zero attached hydrogens (tertiary/aromatic N) is 3. The molecule has 1 amide bonds. The van der Waals surface area contributed by atoms with Gasteiger partial charge in [0.05, 0.1) is 6.61 Å². The van der Waals surface area contributed by atoms with E-state index in [2.05, 4.69) is 20.1 Å². The van der Waals surface area contributed by atoms with Crippen molar-refractivity contribution in [2.24, 2.45) is 0 Å². The number of rotatable bonds is 15. The van der Waals surface area contributed by atoms with Crippen LogP contribution in [0.15, 0.2) is 66.7 Å². The summed E-state index contributed by atoms with van der Waals surface area (Å²) in [6.07, 6.45) is 1.62. The molecule has 3 aromatic rings. The Bertz CT molecular complexity index is 1120. The van der Waals surface area contributed by atoms with E-state index in [4.69, 9.17) is 9.47 Å². The van der Waals surface area contributed by atoms with Gasteiger partial charge in [-0.15, -0.1) is 10.1 Å². The number of methoxy groups -OCH3 is 1. The van der Waals surface area contributed by atoms with Crippen molar-refractivity contribution in [2.45, 2.75) is 51.2 Å². The second-order valence-corrected chi connectivity index (χ2v) is 8.87. The Hall–Kier alpha value is -4.05. The van der Waals surface area contributed by atoms with Gasteiger partial charge in [-0.3, -0.25) is 4.79 Å². The van der Waals surface area contributed by atoms with Crippen LogP contribution in [-0.2, 0) is 20.0 Å². The number of hydrogen-bond acceptors (Lipinski definition) is 8. The van der Waals surface area contributed by atoms with Crippen LogP contribution in [0.1, 0.15) is 48.2 Å². The second kappa shape index (κ2) is 14.0. The summed E-state index contributed by atoms with van der Waals surface area (Å²) >= 11 is 0. The highest BCUT2D eigenvalue weighted by atomic mass is 16.9. The van der Waals surface area contributed by atoms with E-state index in [1.165, 1.54) is 0 Å².